The highest BCUT2D eigenvalue weighted by atomic mass is 79.9. The standard InChI is InChI=1S/C22H23N5O6.BrH/c28-19(26-21-24-13-23-14-25-21)10-27-5-1-15(2-6-27)18(9-27)33-20(29)22(30,16-3-7-31-11-16)17-4-8-32-12-17;/h3-4,7-8,11-15,18,30H,1-2,5-6,9-10H2;1H/t15?,18-,27?;/m0./s1. The van der Waals surface area contributed by atoms with Gasteiger partial charge in [-0.05, 0) is 12.1 Å². The van der Waals surface area contributed by atoms with E-state index in [2.05, 4.69) is 20.3 Å². The minimum absolute atomic E-state index is 0. The Hall–Kier alpha value is -3.09. The van der Waals surface area contributed by atoms with Crippen molar-refractivity contribution in [1.82, 2.24) is 15.0 Å². The molecule has 0 aromatic carbocycles. The number of nitrogens with one attached hydrogen (secondary N) is 1. The number of aromatic nitrogens is 3. The number of halogens is 1. The summed E-state index contributed by atoms with van der Waals surface area (Å²) in [6.07, 6.45) is 9.25. The van der Waals surface area contributed by atoms with Crippen molar-refractivity contribution >= 4 is 17.8 Å². The van der Waals surface area contributed by atoms with Gasteiger partial charge < -0.3 is 40.1 Å². The van der Waals surface area contributed by atoms with Crippen LogP contribution in [0, 0.1) is 5.92 Å². The topological polar surface area (TPSA) is 141 Å². The van der Waals surface area contributed by atoms with Gasteiger partial charge in [-0.15, -0.1) is 0 Å². The molecule has 6 heterocycles. The second-order valence-corrected chi connectivity index (χ2v) is 8.66. The Balaban J connectivity index is 0.00000274. The first-order chi connectivity index (χ1) is 16.0. The number of amides is 1. The van der Waals surface area contributed by atoms with E-state index in [1.54, 1.807) is 0 Å². The van der Waals surface area contributed by atoms with E-state index in [1.165, 1.54) is 49.8 Å². The molecule has 1 atom stereocenters. The number of furan rings is 2. The summed E-state index contributed by atoms with van der Waals surface area (Å²) in [7, 11) is 0. The van der Waals surface area contributed by atoms with Crippen LogP contribution in [-0.4, -0.2) is 68.7 Å². The van der Waals surface area contributed by atoms with E-state index in [4.69, 9.17) is 13.6 Å². The second-order valence-electron chi connectivity index (χ2n) is 8.66. The summed E-state index contributed by atoms with van der Waals surface area (Å²) in [5.41, 5.74) is -1.53. The first kappa shape index (κ1) is 24.0. The SMILES string of the molecule is O=C(C[N+]12CCC(CC1)[C@@H](OC(=O)C(O)(c1ccoc1)c1ccoc1)C2)Nc1ncncn1.[Br-]. The fourth-order valence-electron chi connectivity index (χ4n) is 4.92. The summed E-state index contributed by atoms with van der Waals surface area (Å²) in [5, 5.41) is 14.1. The average molecular weight is 534 g/mol. The Labute approximate surface area is 205 Å². The van der Waals surface area contributed by atoms with Crippen molar-refractivity contribution in [3.63, 3.8) is 0 Å². The number of carbonyl (C=O) groups is 2. The number of hydrogen-bond donors (Lipinski definition) is 2. The fourth-order valence-corrected chi connectivity index (χ4v) is 4.92. The van der Waals surface area contributed by atoms with Gasteiger partial charge in [0.2, 0.25) is 11.5 Å². The van der Waals surface area contributed by atoms with E-state index < -0.39 is 17.7 Å². The lowest BCUT2D eigenvalue weighted by molar-refractivity contribution is -0.939. The second kappa shape index (κ2) is 9.65. The predicted molar refractivity (Wildman–Crippen MR) is 111 cm³/mol. The van der Waals surface area contributed by atoms with Gasteiger partial charge in [0.25, 0.3) is 5.91 Å². The van der Waals surface area contributed by atoms with Crippen LogP contribution in [0.4, 0.5) is 5.95 Å². The van der Waals surface area contributed by atoms with Crippen LogP contribution < -0.4 is 22.3 Å². The smallest absolute Gasteiger partial charge is 0.348 e. The molecule has 3 aliphatic rings. The highest BCUT2D eigenvalue weighted by Crippen LogP contribution is 2.38. The molecule has 3 aliphatic heterocycles. The normalized spacial score (nSPS) is 23.7. The molecule has 3 fully saturated rings. The van der Waals surface area contributed by atoms with Crippen molar-refractivity contribution in [3.8, 4) is 0 Å². The summed E-state index contributed by atoms with van der Waals surface area (Å²) in [5.74, 6) is -0.622. The number of aliphatic hydroxyl groups is 1. The zero-order chi connectivity index (χ0) is 22.9. The number of ether oxygens (including phenoxy) is 1. The van der Waals surface area contributed by atoms with Crippen molar-refractivity contribution in [2.75, 3.05) is 31.5 Å². The Morgan fingerprint density at radius 2 is 1.74 bits per heavy atom. The van der Waals surface area contributed by atoms with Crippen LogP contribution in [-0.2, 0) is 19.9 Å². The van der Waals surface area contributed by atoms with Crippen LogP contribution in [0.1, 0.15) is 24.0 Å². The van der Waals surface area contributed by atoms with Crippen LogP contribution in [0.25, 0.3) is 0 Å². The number of carbonyl (C=O) groups excluding carboxylic acids is 2. The number of fused-ring (bicyclic) bond motifs is 3. The van der Waals surface area contributed by atoms with Crippen LogP contribution in [0.3, 0.4) is 0 Å². The van der Waals surface area contributed by atoms with Crippen molar-refractivity contribution in [2.24, 2.45) is 5.92 Å². The monoisotopic (exact) mass is 533 g/mol. The molecule has 34 heavy (non-hydrogen) atoms. The molecule has 11 nitrogen and oxygen atoms in total. The van der Waals surface area contributed by atoms with Gasteiger partial charge in [0, 0.05) is 29.9 Å². The largest absolute Gasteiger partial charge is 1.00 e. The van der Waals surface area contributed by atoms with Crippen LogP contribution in [0.2, 0.25) is 0 Å². The molecule has 1 amide bonds. The van der Waals surface area contributed by atoms with Crippen molar-refractivity contribution in [1.29, 1.82) is 0 Å². The molecular weight excluding hydrogens is 510 g/mol. The van der Waals surface area contributed by atoms with E-state index in [0.29, 0.717) is 11.0 Å². The summed E-state index contributed by atoms with van der Waals surface area (Å²) < 4.78 is 16.6. The van der Waals surface area contributed by atoms with Crippen LogP contribution in [0.5, 0.6) is 0 Å². The highest BCUT2D eigenvalue weighted by Gasteiger charge is 2.51. The molecule has 180 valence electrons. The van der Waals surface area contributed by atoms with E-state index in [0.717, 1.165) is 25.9 Å². The number of rotatable bonds is 7. The molecule has 12 heteroatoms. The lowest BCUT2D eigenvalue weighted by Gasteiger charge is -2.51. The minimum Gasteiger partial charge on any atom is -1.00 e. The van der Waals surface area contributed by atoms with Gasteiger partial charge in [-0.25, -0.2) is 19.7 Å². The average Bonchev–Trinajstić information content (AvgIpc) is 3.54. The zero-order valence-corrected chi connectivity index (χ0v) is 19.8. The molecule has 3 aromatic heterocycles. The van der Waals surface area contributed by atoms with Gasteiger partial charge >= 0.3 is 5.97 Å². The maximum absolute atomic E-state index is 13.3. The predicted octanol–water partition coefficient (Wildman–Crippen LogP) is -1.91. The Morgan fingerprint density at radius 1 is 1.12 bits per heavy atom. The molecule has 3 saturated heterocycles. The fraction of sp³-hybridized carbons (Fsp3) is 0.409. The lowest BCUT2D eigenvalue weighted by atomic mass is 9.82. The molecular formula is C22H24BrN5O6. The molecule has 3 aromatic rings. The van der Waals surface area contributed by atoms with Crippen molar-refractivity contribution < 1.29 is 49.7 Å². The Morgan fingerprint density at radius 3 is 2.29 bits per heavy atom. The van der Waals surface area contributed by atoms with Gasteiger partial charge in [0.1, 0.15) is 19.2 Å². The Kier molecular flexibility index (Phi) is 6.82. The minimum atomic E-state index is -2.05. The lowest BCUT2D eigenvalue weighted by Crippen LogP contribution is -3.00. The highest BCUT2D eigenvalue weighted by molar-refractivity contribution is 5.89. The third kappa shape index (κ3) is 4.48. The molecule has 2 N–H and O–H groups in total. The number of esters is 1. The van der Waals surface area contributed by atoms with E-state index in [1.807, 2.05) is 0 Å². The third-order valence-corrected chi connectivity index (χ3v) is 6.70. The van der Waals surface area contributed by atoms with Gasteiger partial charge in [-0.2, -0.15) is 0 Å². The number of quaternary nitrogens is 1. The van der Waals surface area contributed by atoms with E-state index in [-0.39, 0.29) is 52.4 Å². The third-order valence-electron chi connectivity index (χ3n) is 6.70. The molecule has 0 unspecified atom stereocenters. The summed E-state index contributed by atoms with van der Waals surface area (Å²) in [6.45, 7) is 2.35. The molecule has 0 spiro atoms. The summed E-state index contributed by atoms with van der Waals surface area (Å²) in [4.78, 5) is 37.6. The molecule has 0 aliphatic carbocycles. The van der Waals surface area contributed by atoms with Crippen molar-refractivity contribution in [3.05, 3.63) is 61.0 Å². The summed E-state index contributed by atoms with van der Waals surface area (Å²) >= 11 is 0. The number of hydrogen-bond acceptors (Lipinski definition) is 9. The van der Waals surface area contributed by atoms with Gasteiger partial charge in [-0.3, -0.25) is 10.1 Å². The van der Waals surface area contributed by atoms with Gasteiger partial charge in [0.05, 0.1) is 38.1 Å². The molecule has 2 bridgehead atoms. The zero-order valence-electron chi connectivity index (χ0n) is 18.2. The van der Waals surface area contributed by atoms with E-state index in [9.17, 15) is 14.7 Å². The first-order valence-corrected chi connectivity index (χ1v) is 10.7. The summed E-state index contributed by atoms with van der Waals surface area (Å²) in [6, 6.07) is 3.04. The number of piperidine rings is 3. The van der Waals surface area contributed by atoms with Crippen LogP contribution in [0.15, 0.2) is 58.7 Å². The molecule has 6 rings (SSSR count). The van der Waals surface area contributed by atoms with Crippen molar-refractivity contribution in [2.45, 2.75) is 24.5 Å². The first-order valence-electron chi connectivity index (χ1n) is 10.7. The maximum atomic E-state index is 13.3. The Bertz CT molecular complexity index is 1070. The van der Waals surface area contributed by atoms with Gasteiger partial charge in [0.15, 0.2) is 12.6 Å². The van der Waals surface area contributed by atoms with E-state index >= 15 is 0 Å². The maximum Gasteiger partial charge on any atom is 0.348 e. The van der Waals surface area contributed by atoms with Crippen LogP contribution >= 0.6 is 0 Å². The quantitative estimate of drug-likeness (QED) is 0.263. The molecule has 0 saturated carbocycles. The number of nitrogens with zero attached hydrogens (tertiary/aromatic N) is 4. The van der Waals surface area contributed by atoms with Gasteiger partial charge in [-0.1, -0.05) is 0 Å². The number of anilines is 1. The molecule has 0 radical (unpaired) electrons.